The second-order valence-electron chi connectivity index (χ2n) is 6.24. The number of aromatic nitrogens is 5. The molecule has 0 amide bonds. The predicted molar refractivity (Wildman–Crippen MR) is 90.5 cm³/mol. The van der Waals surface area contributed by atoms with Crippen LogP contribution in [0.3, 0.4) is 0 Å². The second kappa shape index (κ2) is 8.23. The van der Waals surface area contributed by atoms with E-state index in [4.69, 9.17) is 4.74 Å². The number of hydrogen-bond donors (Lipinski definition) is 0. The van der Waals surface area contributed by atoms with Gasteiger partial charge in [0.2, 0.25) is 11.7 Å². The molecule has 0 fully saturated rings. The minimum absolute atomic E-state index is 0.0754. The lowest BCUT2D eigenvalue weighted by atomic mass is 10.2. The Kier molecular flexibility index (Phi) is 5.91. The fourth-order valence-corrected chi connectivity index (χ4v) is 2.40. The van der Waals surface area contributed by atoms with Crippen molar-refractivity contribution in [2.75, 3.05) is 6.67 Å². The van der Waals surface area contributed by atoms with Crippen molar-refractivity contribution in [3.05, 3.63) is 36.5 Å². The summed E-state index contributed by atoms with van der Waals surface area (Å²) in [4.78, 5) is 7.93. The smallest absolute Gasteiger partial charge is 0.418 e. The summed E-state index contributed by atoms with van der Waals surface area (Å²) in [5.41, 5.74) is 0.682. The van der Waals surface area contributed by atoms with Gasteiger partial charge >= 0.3 is 6.11 Å². The number of nitrogens with zero attached hydrogens (tertiary/aromatic N) is 5. The van der Waals surface area contributed by atoms with Crippen molar-refractivity contribution in [3.8, 4) is 17.1 Å². The van der Waals surface area contributed by atoms with Crippen molar-refractivity contribution < 1.29 is 31.4 Å². The third kappa shape index (κ3) is 4.58. The average Bonchev–Trinajstić information content (AvgIpc) is 3.09. The highest BCUT2D eigenvalue weighted by Crippen LogP contribution is 2.30. The van der Waals surface area contributed by atoms with E-state index in [9.17, 15) is 22.0 Å². The van der Waals surface area contributed by atoms with Gasteiger partial charge in [0.25, 0.3) is 6.43 Å². The largest absolute Gasteiger partial charge is 0.465 e. The molecule has 156 valence electrons. The van der Waals surface area contributed by atoms with Crippen LogP contribution in [0.2, 0.25) is 0 Å². The van der Waals surface area contributed by atoms with E-state index >= 15 is 0 Å². The maximum atomic E-state index is 14.3. The Balaban J connectivity index is 1.89. The molecule has 0 aliphatic heterocycles. The second-order valence-corrected chi connectivity index (χ2v) is 6.24. The van der Waals surface area contributed by atoms with Gasteiger partial charge in [0.15, 0.2) is 11.8 Å². The zero-order valence-electron chi connectivity index (χ0n) is 15.3. The molecule has 0 N–H and O–H groups in total. The van der Waals surface area contributed by atoms with Crippen molar-refractivity contribution in [2.24, 2.45) is 0 Å². The topological polar surface area (TPSA) is 74.4 Å². The summed E-state index contributed by atoms with van der Waals surface area (Å²) in [6, 6.07) is 2.67. The molecule has 12 heteroatoms. The number of ether oxygens (including phenoxy) is 2. The van der Waals surface area contributed by atoms with Crippen molar-refractivity contribution in [3.63, 3.8) is 0 Å². The molecule has 0 radical (unpaired) electrons. The Bertz CT molecular complexity index is 965. The first kappa shape index (κ1) is 20.8. The normalized spacial score (nSPS) is 13.4. The highest BCUT2D eigenvalue weighted by Gasteiger charge is 2.39. The third-order valence-electron chi connectivity index (χ3n) is 3.67. The first-order valence-corrected chi connectivity index (χ1v) is 8.45. The van der Waals surface area contributed by atoms with Crippen LogP contribution in [0.1, 0.15) is 19.7 Å². The van der Waals surface area contributed by atoms with E-state index in [1.807, 2.05) is 0 Å². The van der Waals surface area contributed by atoms with Crippen LogP contribution in [0.15, 0.2) is 30.7 Å². The SMILES string of the molecule is CC(C)OC(F)(F)c1nnc2cnc(-c3ccc(OC(CF)C(F)F)nc3)cn12. The molecule has 3 aromatic rings. The molecule has 1 unspecified atom stereocenters. The van der Waals surface area contributed by atoms with Crippen LogP contribution in [0, 0.1) is 0 Å². The summed E-state index contributed by atoms with van der Waals surface area (Å²) >= 11 is 0. The number of halogens is 5. The van der Waals surface area contributed by atoms with E-state index in [2.05, 4.69) is 24.9 Å². The molecule has 29 heavy (non-hydrogen) atoms. The van der Waals surface area contributed by atoms with Crippen LogP contribution < -0.4 is 4.74 Å². The van der Waals surface area contributed by atoms with Gasteiger partial charge in [0, 0.05) is 24.0 Å². The van der Waals surface area contributed by atoms with Crippen LogP contribution in [0.5, 0.6) is 5.88 Å². The lowest BCUT2D eigenvalue weighted by Crippen LogP contribution is -2.27. The number of alkyl halides is 5. The van der Waals surface area contributed by atoms with Gasteiger partial charge in [-0.15, -0.1) is 10.2 Å². The number of rotatable bonds is 8. The van der Waals surface area contributed by atoms with Crippen LogP contribution in [-0.4, -0.2) is 49.9 Å². The molecule has 3 heterocycles. The maximum Gasteiger partial charge on any atom is 0.418 e. The quantitative estimate of drug-likeness (QED) is 0.521. The summed E-state index contributed by atoms with van der Waals surface area (Å²) in [6.45, 7) is 1.55. The van der Waals surface area contributed by atoms with Crippen LogP contribution in [0.25, 0.3) is 16.9 Å². The van der Waals surface area contributed by atoms with Gasteiger partial charge in [-0.25, -0.2) is 18.2 Å². The Morgan fingerprint density at radius 3 is 2.45 bits per heavy atom. The van der Waals surface area contributed by atoms with Gasteiger partial charge < -0.3 is 9.47 Å². The summed E-state index contributed by atoms with van der Waals surface area (Å²) < 4.78 is 76.7. The lowest BCUT2D eigenvalue weighted by Gasteiger charge is -2.17. The summed E-state index contributed by atoms with van der Waals surface area (Å²) in [7, 11) is 0. The van der Waals surface area contributed by atoms with E-state index in [0.717, 1.165) is 4.40 Å². The Hall–Kier alpha value is -2.89. The van der Waals surface area contributed by atoms with E-state index in [-0.39, 0.29) is 17.2 Å². The molecule has 0 spiro atoms. The zero-order valence-corrected chi connectivity index (χ0v) is 15.3. The van der Waals surface area contributed by atoms with Crippen LogP contribution in [-0.2, 0) is 10.8 Å². The fraction of sp³-hybridized carbons (Fsp3) is 0.412. The molecule has 0 aliphatic carbocycles. The van der Waals surface area contributed by atoms with Crippen LogP contribution in [0.4, 0.5) is 22.0 Å². The lowest BCUT2D eigenvalue weighted by molar-refractivity contribution is -0.272. The van der Waals surface area contributed by atoms with Gasteiger partial charge in [-0.2, -0.15) is 8.78 Å². The van der Waals surface area contributed by atoms with Crippen molar-refractivity contribution in [1.29, 1.82) is 0 Å². The van der Waals surface area contributed by atoms with Crippen molar-refractivity contribution in [1.82, 2.24) is 24.6 Å². The Morgan fingerprint density at radius 2 is 1.86 bits per heavy atom. The molecule has 3 aromatic heterocycles. The summed E-state index contributed by atoms with van der Waals surface area (Å²) in [6.07, 6.45) is -5.63. The van der Waals surface area contributed by atoms with E-state index < -0.39 is 37.2 Å². The zero-order chi connectivity index (χ0) is 21.2. The highest BCUT2D eigenvalue weighted by atomic mass is 19.3. The molecular formula is C17H16F5N5O2. The molecule has 0 aliphatic rings. The van der Waals surface area contributed by atoms with Gasteiger partial charge in [0.1, 0.15) is 6.67 Å². The molecule has 7 nitrogen and oxygen atoms in total. The summed E-state index contributed by atoms with van der Waals surface area (Å²) in [5.74, 6) is -0.930. The monoisotopic (exact) mass is 417 g/mol. The predicted octanol–water partition coefficient (Wildman–Crippen LogP) is 3.64. The van der Waals surface area contributed by atoms with E-state index in [1.54, 1.807) is 0 Å². The molecule has 0 aromatic carbocycles. The third-order valence-corrected chi connectivity index (χ3v) is 3.67. The number of fused-ring (bicyclic) bond motifs is 1. The molecule has 3 rings (SSSR count). The molecule has 0 saturated heterocycles. The average molecular weight is 417 g/mol. The Morgan fingerprint density at radius 1 is 1.10 bits per heavy atom. The highest BCUT2D eigenvalue weighted by molar-refractivity contribution is 5.59. The fourth-order valence-electron chi connectivity index (χ4n) is 2.40. The van der Waals surface area contributed by atoms with Crippen LogP contribution >= 0.6 is 0 Å². The van der Waals surface area contributed by atoms with Gasteiger partial charge in [0.05, 0.1) is 18.0 Å². The standard InChI is InChI=1S/C17H16F5N5O2/c1-9(2)29-17(21,22)16-26-25-13-7-23-11(8-27(13)16)10-3-4-14(24-6-10)28-12(5-18)15(19)20/h3-4,6-9,12,15H,5H2,1-2H3. The van der Waals surface area contributed by atoms with Gasteiger partial charge in [-0.05, 0) is 19.9 Å². The summed E-state index contributed by atoms with van der Waals surface area (Å²) in [5, 5.41) is 7.13. The molecule has 1 atom stereocenters. The minimum atomic E-state index is -3.68. The number of pyridine rings is 1. The van der Waals surface area contributed by atoms with E-state index in [0.29, 0.717) is 5.56 Å². The van der Waals surface area contributed by atoms with Gasteiger partial charge in [-0.3, -0.25) is 9.38 Å². The molecule has 0 saturated carbocycles. The van der Waals surface area contributed by atoms with Gasteiger partial charge in [-0.1, -0.05) is 0 Å². The van der Waals surface area contributed by atoms with Crippen molar-refractivity contribution >= 4 is 5.65 Å². The maximum absolute atomic E-state index is 14.3. The first-order chi connectivity index (χ1) is 13.7. The molecule has 0 bridgehead atoms. The minimum Gasteiger partial charge on any atom is -0.465 e. The Labute approximate surface area is 161 Å². The number of hydrogen-bond acceptors (Lipinski definition) is 6. The molecular weight excluding hydrogens is 401 g/mol. The van der Waals surface area contributed by atoms with E-state index in [1.165, 1.54) is 44.6 Å². The first-order valence-electron chi connectivity index (χ1n) is 8.45. The van der Waals surface area contributed by atoms with Crippen molar-refractivity contribution in [2.45, 2.75) is 38.6 Å².